The fourth-order valence-electron chi connectivity index (χ4n) is 11.3. The average Bonchev–Trinajstić information content (AvgIpc) is 3.75. The van der Waals surface area contributed by atoms with Gasteiger partial charge in [0.1, 0.15) is 5.75 Å². The van der Waals surface area contributed by atoms with Crippen LogP contribution >= 0.6 is 0 Å². The fraction of sp³-hybridized carbons (Fsp3) is 0.476. The molecule has 2 spiro atoms. The molecular weight excluding hydrogens is 628 g/mol. The van der Waals surface area contributed by atoms with E-state index in [-0.39, 0.29) is 35.6 Å². The number of urea groups is 1. The van der Waals surface area contributed by atoms with Crippen molar-refractivity contribution in [1.29, 1.82) is 0 Å². The van der Waals surface area contributed by atoms with Gasteiger partial charge in [0.25, 0.3) is 0 Å². The van der Waals surface area contributed by atoms with E-state index in [1.54, 1.807) is 30.4 Å². The number of Topliss-reactive ketones (excluding diaryl/α,β-unsaturated/α-hetero) is 1. The first-order chi connectivity index (χ1) is 24.0. The highest BCUT2D eigenvalue weighted by molar-refractivity contribution is 6.08. The number of hydrogen-bond acceptors (Lipinski definition) is 6. The van der Waals surface area contributed by atoms with E-state index in [0.717, 1.165) is 43.2 Å². The summed E-state index contributed by atoms with van der Waals surface area (Å²) >= 11 is 0. The quantitative estimate of drug-likeness (QED) is 0.166. The smallest absolute Gasteiger partial charge is 0.322 e. The molecule has 8 nitrogen and oxygen atoms in total. The fourth-order valence-corrected chi connectivity index (χ4v) is 11.3. The van der Waals surface area contributed by atoms with Gasteiger partial charge in [-0.15, -0.1) is 0 Å². The van der Waals surface area contributed by atoms with Crippen LogP contribution in [0.15, 0.2) is 101 Å². The van der Waals surface area contributed by atoms with Crippen molar-refractivity contribution < 1.29 is 29.0 Å². The number of aliphatic hydroxyl groups is 2. The second-order valence-corrected chi connectivity index (χ2v) is 16.1. The van der Waals surface area contributed by atoms with E-state index in [1.165, 1.54) is 0 Å². The van der Waals surface area contributed by atoms with Crippen molar-refractivity contribution in [3.8, 4) is 5.75 Å². The van der Waals surface area contributed by atoms with Crippen LogP contribution in [-0.2, 0) is 6.54 Å². The lowest BCUT2D eigenvalue weighted by molar-refractivity contribution is -0.174. The summed E-state index contributed by atoms with van der Waals surface area (Å²) in [6, 6.07) is 20.3. The van der Waals surface area contributed by atoms with E-state index < -0.39 is 27.9 Å². The van der Waals surface area contributed by atoms with E-state index in [1.807, 2.05) is 54.6 Å². The summed E-state index contributed by atoms with van der Waals surface area (Å²) < 4.78 is 11.0. The number of fused-ring (bicyclic) bond motifs is 1. The van der Waals surface area contributed by atoms with Crippen LogP contribution in [0.3, 0.4) is 0 Å². The highest BCUT2D eigenvalue weighted by Crippen LogP contribution is 2.78. The Morgan fingerprint density at radius 2 is 1.64 bits per heavy atom. The first-order valence-electron chi connectivity index (χ1n) is 18.1. The number of benzene rings is 2. The zero-order valence-corrected chi connectivity index (χ0v) is 29.2. The molecule has 2 bridgehead atoms. The maximum absolute atomic E-state index is 14.5. The van der Waals surface area contributed by atoms with Gasteiger partial charge in [-0.1, -0.05) is 62.4 Å². The van der Waals surface area contributed by atoms with Crippen molar-refractivity contribution >= 4 is 17.5 Å². The van der Waals surface area contributed by atoms with Gasteiger partial charge in [0, 0.05) is 34.1 Å². The molecule has 3 saturated carbocycles. The molecule has 3 fully saturated rings. The summed E-state index contributed by atoms with van der Waals surface area (Å²) in [5.74, 6) is 1.06. The normalized spacial score (nSPS) is 36.5. The van der Waals surface area contributed by atoms with Crippen LogP contribution in [0.1, 0.15) is 74.9 Å². The van der Waals surface area contributed by atoms with Gasteiger partial charge in [0.05, 0.1) is 31.6 Å². The minimum absolute atomic E-state index is 0.0367. The number of amides is 2. The lowest BCUT2D eigenvalue weighted by Crippen LogP contribution is -2.67. The van der Waals surface area contributed by atoms with Gasteiger partial charge in [-0.3, -0.25) is 4.79 Å². The largest absolute Gasteiger partial charge is 0.497 e. The van der Waals surface area contributed by atoms with Crippen molar-refractivity contribution in [1.82, 2.24) is 4.90 Å². The number of ether oxygens (including phenoxy) is 1. The number of rotatable bonds is 8. The van der Waals surface area contributed by atoms with Crippen LogP contribution in [0, 0.1) is 33.5 Å². The Morgan fingerprint density at radius 1 is 0.920 bits per heavy atom. The first-order valence-corrected chi connectivity index (χ1v) is 18.1. The van der Waals surface area contributed by atoms with Crippen LogP contribution in [0.4, 0.5) is 10.5 Å². The first kappa shape index (κ1) is 33.0. The molecule has 8 atom stereocenters. The van der Waals surface area contributed by atoms with Crippen molar-refractivity contribution in [3.63, 3.8) is 0 Å². The van der Waals surface area contributed by atoms with Gasteiger partial charge in [0.2, 0.25) is 5.78 Å². The lowest BCUT2D eigenvalue weighted by atomic mass is 9.32. The molecule has 3 aromatic rings. The number of aliphatic hydroxyl groups excluding tert-OH is 1. The number of methoxy groups -OCH3 is 1. The second kappa shape index (κ2) is 11.7. The lowest BCUT2D eigenvalue weighted by Gasteiger charge is -2.71. The molecular formula is C42H48N2O6. The highest BCUT2D eigenvalue weighted by atomic mass is 16.5. The number of carbonyl (C=O) groups excluding carboxylic acids is 2. The maximum Gasteiger partial charge on any atom is 0.322 e. The van der Waals surface area contributed by atoms with Gasteiger partial charge in [0.15, 0.2) is 5.76 Å². The van der Waals surface area contributed by atoms with E-state index in [0.29, 0.717) is 36.6 Å². The monoisotopic (exact) mass is 676 g/mol. The van der Waals surface area contributed by atoms with Crippen LogP contribution < -0.4 is 10.1 Å². The number of carbonyl (C=O) groups is 2. The number of nitrogens with zero attached hydrogens (tertiary/aromatic N) is 1. The average molecular weight is 677 g/mol. The predicted octanol–water partition coefficient (Wildman–Crippen LogP) is 7.80. The summed E-state index contributed by atoms with van der Waals surface area (Å²) in [6.45, 7) is 5.07. The summed E-state index contributed by atoms with van der Waals surface area (Å²) in [4.78, 5) is 30.3. The summed E-state index contributed by atoms with van der Waals surface area (Å²) in [7, 11) is 1.61. The summed E-state index contributed by atoms with van der Waals surface area (Å²) in [5.41, 5.74) is -0.564. The Labute approximate surface area is 294 Å². The molecule has 50 heavy (non-hydrogen) atoms. The molecule has 0 aliphatic heterocycles. The second-order valence-electron chi connectivity index (χ2n) is 16.1. The predicted molar refractivity (Wildman–Crippen MR) is 190 cm³/mol. The van der Waals surface area contributed by atoms with Crippen LogP contribution in [0.2, 0.25) is 0 Å². The minimum atomic E-state index is -1.20. The minimum Gasteiger partial charge on any atom is -0.497 e. The van der Waals surface area contributed by atoms with Gasteiger partial charge in [-0.25, -0.2) is 4.79 Å². The highest BCUT2D eigenvalue weighted by Gasteiger charge is 2.74. The van der Waals surface area contributed by atoms with Gasteiger partial charge >= 0.3 is 6.03 Å². The Bertz CT molecular complexity index is 1840. The molecule has 6 aliphatic rings. The van der Waals surface area contributed by atoms with Crippen LogP contribution in [0.5, 0.6) is 5.75 Å². The number of ketones is 1. The molecule has 262 valence electrons. The zero-order chi connectivity index (χ0) is 34.9. The summed E-state index contributed by atoms with van der Waals surface area (Å²) in [6.07, 6.45) is 13.0. The number of nitrogens with one attached hydrogen (secondary N) is 1. The molecule has 1 unspecified atom stereocenters. The van der Waals surface area contributed by atoms with Gasteiger partial charge in [-0.05, 0) is 104 Å². The van der Waals surface area contributed by atoms with E-state index >= 15 is 0 Å². The molecule has 0 saturated heterocycles. The van der Waals surface area contributed by atoms with Gasteiger partial charge < -0.3 is 29.6 Å². The third kappa shape index (κ3) is 4.70. The van der Waals surface area contributed by atoms with Gasteiger partial charge in [-0.2, -0.15) is 0 Å². The molecule has 6 aliphatic carbocycles. The third-order valence-corrected chi connectivity index (χ3v) is 14.0. The Hall–Kier alpha value is -4.14. The number of hydrogen-bond donors (Lipinski definition) is 3. The van der Waals surface area contributed by atoms with E-state index in [2.05, 4.69) is 37.4 Å². The molecule has 0 radical (unpaired) electrons. The topological polar surface area (TPSA) is 112 Å². The molecule has 8 heteroatoms. The Balaban J connectivity index is 1.17. The zero-order valence-electron chi connectivity index (χ0n) is 29.2. The number of allylic oxidation sites excluding steroid dienone is 4. The Kier molecular flexibility index (Phi) is 7.73. The van der Waals surface area contributed by atoms with Crippen LogP contribution in [-0.4, -0.2) is 52.3 Å². The molecule has 1 heterocycles. The van der Waals surface area contributed by atoms with E-state index in [9.17, 15) is 19.8 Å². The van der Waals surface area contributed by atoms with Crippen molar-refractivity contribution in [2.24, 2.45) is 33.5 Å². The maximum atomic E-state index is 14.5. The number of anilines is 1. The standard InChI is InChI=1S/C42H48N2O6/c1-38-18-15-30(45)24-40(38)21-22-42(32(25-40)36(46)33-10-7-23-50-33)34(38)16-19-39(2)35(42)17-20-41(39,48)27-44(26-28-8-5-4-6-9-28)37(47)43-29-11-13-31(49-3)14-12-29/h4-14,21-23,25,30,34-35,45,48H,15-20,24,26-27H2,1-3H3,(H,43,47)/t30?,34-,35-,38-,39+,40+,41-,42-/m1/s1. The van der Waals surface area contributed by atoms with Crippen molar-refractivity contribution in [2.75, 3.05) is 19.0 Å². The van der Waals surface area contributed by atoms with Crippen molar-refractivity contribution in [2.45, 2.75) is 77.0 Å². The molecule has 1 aromatic heterocycles. The molecule has 9 rings (SSSR count). The molecule has 2 aromatic carbocycles. The Morgan fingerprint density at radius 3 is 2.36 bits per heavy atom. The molecule has 3 N–H and O–H groups in total. The number of furan rings is 1. The summed E-state index contributed by atoms with van der Waals surface area (Å²) in [5, 5.41) is 27.0. The van der Waals surface area contributed by atoms with Crippen molar-refractivity contribution in [3.05, 3.63) is 108 Å². The third-order valence-electron chi connectivity index (χ3n) is 14.0. The SMILES string of the molecule is COc1ccc(NC(=O)N(Cc2ccccc2)C[C@]2(O)CC[C@H]3[C@]45C=C[C@@]6(C=C4C(=O)c4ccco4)CC(O)CC[C@]6(C)[C@H]5CC[C@@]32C)cc1. The van der Waals surface area contributed by atoms with E-state index in [4.69, 9.17) is 9.15 Å². The van der Waals surface area contributed by atoms with Crippen LogP contribution in [0.25, 0.3) is 0 Å². The molecule has 2 amide bonds.